The molecule has 1 unspecified atom stereocenters. The molecule has 1 aromatic carbocycles. The fourth-order valence-electron chi connectivity index (χ4n) is 9.06. The number of hydrogen-bond acceptors (Lipinski definition) is 7. The Labute approximate surface area is 249 Å². The minimum absolute atomic E-state index is 0.0416. The highest BCUT2D eigenvalue weighted by Crippen LogP contribution is 2.72. The minimum Gasteiger partial charge on any atom is -0.478 e. The summed E-state index contributed by atoms with van der Waals surface area (Å²) in [4.78, 5) is 51.3. The van der Waals surface area contributed by atoms with E-state index in [0.29, 0.717) is 19.4 Å². The van der Waals surface area contributed by atoms with Gasteiger partial charge in [-0.2, -0.15) is 0 Å². The van der Waals surface area contributed by atoms with Gasteiger partial charge in [0.1, 0.15) is 6.17 Å². The Morgan fingerprint density at radius 1 is 1.19 bits per heavy atom. The van der Waals surface area contributed by atoms with Crippen LogP contribution in [0.15, 0.2) is 48.1 Å². The van der Waals surface area contributed by atoms with E-state index >= 15 is 8.78 Å². The first-order valence-electron chi connectivity index (χ1n) is 14.7. The second-order valence-corrected chi connectivity index (χ2v) is 13.4. The van der Waals surface area contributed by atoms with Crippen molar-refractivity contribution in [1.82, 2.24) is 4.90 Å². The number of benzene rings is 1. The number of fused-ring (bicyclic) bond motifs is 5. The largest absolute Gasteiger partial charge is 0.478 e. The maximum absolute atomic E-state index is 17.6. The Balaban J connectivity index is 1.53. The number of aromatic carboxylic acids is 1. The third-order valence-electron chi connectivity index (χ3n) is 11.1. The zero-order valence-electron chi connectivity index (χ0n) is 24.9. The van der Waals surface area contributed by atoms with Gasteiger partial charge in [-0.25, -0.2) is 13.6 Å². The number of Topliss-reactive ketones (excluding diaryl/α,β-unsaturated/α-hetero) is 1. The molecular weight excluding hydrogens is 560 g/mol. The normalized spacial score (nSPS) is 38.1. The number of ether oxygens (including phenoxy) is 1. The molecule has 0 heterocycles. The Kier molecular flexibility index (Phi) is 7.79. The number of aliphatic hydroxyl groups is 1. The van der Waals surface area contributed by atoms with Gasteiger partial charge >= 0.3 is 11.9 Å². The van der Waals surface area contributed by atoms with Crippen LogP contribution in [-0.2, 0) is 25.7 Å². The summed E-state index contributed by atoms with van der Waals surface area (Å²) in [7, 11) is 1.80. The van der Waals surface area contributed by atoms with Crippen LogP contribution in [0.3, 0.4) is 0 Å². The summed E-state index contributed by atoms with van der Waals surface area (Å²) in [6.45, 7) is 4.61. The van der Waals surface area contributed by atoms with Crippen molar-refractivity contribution in [1.29, 1.82) is 0 Å². The minimum atomic E-state index is -2.26. The van der Waals surface area contributed by atoms with Crippen LogP contribution in [0.5, 0.6) is 0 Å². The topological polar surface area (TPSA) is 121 Å². The fourth-order valence-corrected chi connectivity index (χ4v) is 9.06. The average molecular weight is 600 g/mol. The van der Waals surface area contributed by atoms with Crippen molar-refractivity contribution in [3.63, 3.8) is 0 Å². The lowest BCUT2D eigenvalue weighted by atomic mass is 9.43. The van der Waals surface area contributed by atoms with E-state index < -0.39 is 70.4 Å². The number of carboxylic acid groups (broad SMARTS) is 1. The number of nitrogens with zero attached hydrogens (tertiary/aromatic N) is 1. The second-order valence-electron chi connectivity index (χ2n) is 13.4. The molecule has 2 N–H and O–H groups in total. The molecule has 232 valence electrons. The van der Waals surface area contributed by atoms with Crippen LogP contribution in [0.25, 0.3) is 0 Å². The fraction of sp³-hybridized carbons (Fsp3) is 0.576. The molecule has 0 amide bonds. The molecule has 43 heavy (non-hydrogen) atoms. The lowest BCUT2D eigenvalue weighted by molar-refractivity contribution is -0.213. The first-order chi connectivity index (χ1) is 20.1. The van der Waals surface area contributed by atoms with Crippen LogP contribution in [-0.4, -0.2) is 76.8 Å². The highest BCUT2D eigenvalue weighted by molar-refractivity contribution is 6.01. The lowest BCUT2D eigenvalue weighted by Crippen LogP contribution is -2.70. The van der Waals surface area contributed by atoms with E-state index in [0.717, 1.165) is 11.6 Å². The monoisotopic (exact) mass is 599 g/mol. The quantitative estimate of drug-likeness (QED) is 0.426. The van der Waals surface area contributed by atoms with Gasteiger partial charge < -0.3 is 19.8 Å². The molecule has 5 rings (SSSR count). The summed E-state index contributed by atoms with van der Waals surface area (Å²) < 4.78 is 38.5. The molecule has 0 bridgehead atoms. The molecule has 4 aliphatic carbocycles. The van der Waals surface area contributed by atoms with E-state index in [9.17, 15) is 29.4 Å². The van der Waals surface area contributed by atoms with Crippen LogP contribution in [0.2, 0.25) is 0 Å². The molecule has 0 aliphatic heterocycles. The number of alkyl halides is 2. The molecule has 4 aliphatic rings. The summed E-state index contributed by atoms with van der Waals surface area (Å²) in [5, 5.41) is 21.1. The van der Waals surface area contributed by atoms with Gasteiger partial charge in [-0.3, -0.25) is 14.4 Å². The van der Waals surface area contributed by atoms with Crippen molar-refractivity contribution in [3.8, 4) is 0 Å². The SMILES string of the molecule is CC(=O)OCC(=O)[C@@]1(CN(C)Cc2cccc(C(=O)O)c2)CCC2[C@@H]3C[C@H](F)C4=CC(=O)C=C[C@]4(C)[C@@]3(F)[C@@H](O)C[C@@]21C. The summed E-state index contributed by atoms with van der Waals surface area (Å²) in [5.41, 5.74) is -5.05. The van der Waals surface area contributed by atoms with Gasteiger partial charge in [-0.1, -0.05) is 25.1 Å². The number of aliphatic hydroxyl groups excluding tert-OH is 1. The average Bonchev–Trinajstić information content (AvgIpc) is 3.22. The molecule has 3 saturated carbocycles. The zero-order valence-corrected chi connectivity index (χ0v) is 24.9. The Hall–Kier alpha value is -3.24. The van der Waals surface area contributed by atoms with Gasteiger partial charge in [0.15, 0.2) is 23.8 Å². The number of esters is 1. The third-order valence-corrected chi connectivity index (χ3v) is 11.1. The predicted molar refractivity (Wildman–Crippen MR) is 152 cm³/mol. The number of halogens is 2. The van der Waals surface area contributed by atoms with E-state index in [2.05, 4.69) is 0 Å². The van der Waals surface area contributed by atoms with Crippen LogP contribution in [0.1, 0.15) is 62.4 Å². The number of carboxylic acids is 1. The van der Waals surface area contributed by atoms with Gasteiger partial charge in [-0.05, 0) is 86.4 Å². The molecule has 8 nitrogen and oxygen atoms in total. The van der Waals surface area contributed by atoms with Crippen molar-refractivity contribution in [3.05, 3.63) is 59.2 Å². The first kappa shape index (κ1) is 31.2. The number of hydrogen-bond donors (Lipinski definition) is 2. The van der Waals surface area contributed by atoms with Gasteiger partial charge in [0, 0.05) is 31.3 Å². The highest BCUT2D eigenvalue weighted by Gasteiger charge is 2.75. The number of rotatable bonds is 8. The van der Waals surface area contributed by atoms with E-state index in [1.165, 1.54) is 25.1 Å². The van der Waals surface area contributed by atoms with E-state index in [-0.39, 0.29) is 36.3 Å². The van der Waals surface area contributed by atoms with Crippen molar-refractivity contribution >= 4 is 23.5 Å². The molecule has 10 heteroatoms. The van der Waals surface area contributed by atoms with E-state index in [1.54, 1.807) is 32.2 Å². The maximum atomic E-state index is 17.6. The molecule has 0 saturated heterocycles. The Morgan fingerprint density at radius 2 is 1.91 bits per heavy atom. The van der Waals surface area contributed by atoms with E-state index in [1.807, 2.05) is 11.8 Å². The van der Waals surface area contributed by atoms with Gasteiger partial charge in [0.25, 0.3) is 0 Å². The molecule has 0 spiro atoms. The van der Waals surface area contributed by atoms with Crippen molar-refractivity contribution in [2.45, 2.75) is 70.9 Å². The van der Waals surface area contributed by atoms with Crippen molar-refractivity contribution in [2.75, 3.05) is 20.2 Å². The first-order valence-corrected chi connectivity index (χ1v) is 14.7. The standard InChI is InChI=1S/C33H39F2NO7/c1-19(37)43-17-28(40)32(18-36(4)16-20-6-5-7-21(12-20)29(41)42)11-9-23-24-14-26(34)25-13-22(38)8-10-30(25,2)33(24,35)27(39)15-31(23,32)3/h5-8,10,12-13,23-24,26-27,39H,9,11,14-18H2,1-4H3,(H,41,42)/t23?,24-,26-,27-,30-,31-,32-,33-/m0/s1. The lowest BCUT2D eigenvalue weighted by Gasteiger charge is -2.63. The summed E-state index contributed by atoms with van der Waals surface area (Å²) >= 11 is 0. The number of carbonyl (C=O) groups excluding carboxylic acids is 3. The Bertz CT molecular complexity index is 1430. The molecule has 8 atom stereocenters. The zero-order chi connectivity index (χ0) is 31.5. The van der Waals surface area contributed by atoms with Crippen LogP contribution in [0, 0.1) is 28.1 Å². The molecule has 3 fully saturated rings. The van der Waals surface area contributed by atoms with Crippen LogP contribution < -0.4 is 0 Å². The van der Waals surface area contributed by atoms with Crippen molar-refractivity contribution in [2.24, 2.45) is 28.1 Å². The molecule has 0 aromatic heterocycles. The number of allylic oxidation sites excluding steroid dienone is 4. The number of ketones is 2. The summed E-state index contributed by atoms with van der Waals surface area (Å²) in [5.74, 6) is -3.85. The van der Waals surface area contributed by atoms with Crippen molar-refractivity contribution < 1.29 is 42.9 Å². The highest BCUT2D eigenvalue weighted by atomic mass is 19.1. The second kappa shape index (κ2) is 10.7. The van der Waals surface area contributed by atoms with Crippen LogP contribution in [0.4, 0.5) is 8.78 Å². The smallest absolute Gasteiger partial charge is 0.335 e. The predicted octanol–water partition coefficient (Wildman–Crippen LogP) is 4.25. The molecule has 0 radical (unpaired) electrons. The van der Waals surface area contributed by atoms with Gasteiger partial charge in [0.05, 0.1) is 17.1 Å². The summed E-state index contributed by atoms with van der Waals surface area (Å²) in [6.07, 6.45) is 1.04. The maximum Gasteiger partial charge on any atom is 0.335 e. The third kappa shape index (κ3) is 4.68. The van der Waals surface area contributed by atoms with Gasteiger partial charge in [-0.15, -0.1) is 0 Å². The summed E-state index contributed by atoms with van der Waals surface area (Å²) in [6, 6.07) is 6.48. The van der Waals surface area contributed by atoms with Gasteiger partial charge in [0.2, 0.25) is 0 Å². The van der Waals surface area contributed by atoms with E-state index in [4.69, 9.17) is 4.74 Å². The molecular formula is C33H39F2NO7. The number of carbonyl (C=O) groups is 4. The van der Waals surface area contributed by atoms with Crippen LogP contribution >= 0.6 is 0 Å². The molecule has 1 aromatic rings. The Morgan fingerprint density at radius 3 is 2.58 bits per heavy atom.